The molecule has 0 saturated carbocycles. The molecule has 0 radical (unpaired) electrons. The second kappa shape index (κ2) is 13.0. The minimum absolute atomic E-state index is 0.112. The van der Waals surface area contributed by atoms with Crippen LogP contribution in [-0.4, -0.2) is 65.3 Å². The molecule has 5 rings (SSSR count). The van der Waals surface area contributed by atoms with Crippen LogP contribution >= 0.6 is 0 Å². The Labute approximate surface area is 237 Å². The highest BCUT2D eigenvalue weighted by Gasteiger charge is 2.20. The van der Waals surface area contributed by atoms with Gasteiger partial charge >= 0.3 is 5.97 Å². The zero-order chi connectivity index (χ0) is 28.6. The Kier molecular flexibility index (Phi) is 8.82. The lowest BCUT2D eigenvalue weighted by Gasteiger charge is -2.30. The Hall–Kier alpha value is -4.81. The molecule has 3 aromatic rings. The van der Waals surface area contributed by atoms with E-state index in [1.807, 2.05) is 0 Å². The summed E-state index contributed by atoms with van der Waals surface area (Å²) in [5.41, 5.74) is 3.70. The van der Waals surface area contributed by atoms with E-state index >= 15 is 0 Å². The molecule has 0 bridgehead atoms. The van der Waals surface area contributed by atoms with Crippen molar-refractivity contribution in [1.29, 1.82) is 0 Å². The summed E-state index contributed by atoms with van der Waals surface area (Å²) in [5.74, 6) is 1.57. The van der Waals surface area contributed by atoms with Crippen molar-refractivity contribution in [3.8, 4) is 11.5 Å². The summed E-state index contributed by atoms with van der Waals surface area (Å²) < 4.78 is 10.9. The summed E-state index contributed by atoms with van der Waals surface area (Å²) in [4.78, 5) is 41.3. The van der Waals surface area contributed by atoms with Crippen molar-refractivity contribution in [3.63, 3.8) is 0 Å². The molecule has 2 aliphatic rings. The SMILES string of the molecule is COc1cc(C=NNc2nc(N3CCCCC3)nc(N3CCCCC3)n2)ccc1OC(=O)c1ccc([N+](=O)[O-])cc1. The zero-order valence-corrected chi connectivity index (χ0v) is 22.9. The van der Waals surface area contributed by atoms with E-state index in [9.17, 15) is 14.9 Å². The van der Waals surface area contributed by atoms with Crippen LogP contribution in [0.3, 0.4) is 0 Å². The molecule has 214 valence electrons. The first-order chi connectivity index (χ1) is 20.0. The number of nitrogens with one attached hydrogen (secondary N) is 1. The Bertz CT molecular complexity index is 1370. The Morgan fingerprint density at radius 1 is 0.902 bits per heavy atom. The van der Waals surface area contributed by atoms with Gasteiger partial charge in [0.05, 0.1) is 23.8 Å². The second-order valence-corrected chi connectivity index (χ2v) is 9.83. The van der Waals surface area contributed by atoms with Gasteiger partial charge in [-0.2, -0.15) is 20.1 Å². The summed E-state index contributed by atoms with van der Waals surface area (Å²) in [6, 6.07) is 10.2. The highest BCUT2D eigenvalue weighted by Crippen LogP contribution is 2.29. The molecule has 1 aromatic heterocycles. The van der Waals surface area contributed by atoms with E-state index in [0.717, 1.165) is 51.9 Å². The highest BCUT2D eigenvalue weighted by molar-refractivity contribution is 5.92. The average molecular weight is 561 g/mol. The number of methoxy groups -OCH3 is 1. The fourth-order valence-electron chi connectivity index (χ4n) is 4.77. The Morgan fingerprint density at radius 3 is 2.07 bits per heavy atom. The third-order valence-corrected chi connectivity index (χ3v) is 6.97. The number of anilines is 3. The van der Waals surface area contributed by atoms with Crippen molar-refractivity contribution in [3.05, 3.63) is 63.7 Å². The third-order valence-electron chi connectivity index (χ3n) is 6.97. The van der Waals surface area contributed by atoms with Crippen LogP contribution in [0, 0.1) is 10.1 Å². The van der Waals surface area contributed by atoms with E-state index in [-0.39, 0.29) is 17.0 Å². The molecular formula is C28H32N8O5. The van der Waals surface area contributed by atoms with E-state index < -0.39 is 10.9 Å². The van der Waals surface area contributed by atoms with E-state index in [4.69, 9.17) is 14.5 Å². The summed E-state index contributed by atoms with van der Waals surface area (Å²) in [6.07, 6.45) is 8.50. The molecule has 13 nitrogen and oxygen atoms in total. The van der Waals surface area contributed by atoms with Gasteiger partial charge in [0.2, 0.25) is 17.8 Å². The van der Waals surface area contributed by atoms with Crippen LogP contribution in [-0.2, 0) is 0 Å². The standard InChI is InChI=1S/C28H32N8O5/c1-40-24-18-20(8-13-23(24)41-25(37)21-9-11-22(12-10-21)36(38)39)19-29-33-26-30-27(34-14-4-2-5-15-34)32-28(31-26)35-16-6-3-7-17-35/h8-13,18-19H,2-7,14-17H2,1H3,(H,30,31,32,33). The number of non-ortho nitro benzene ring substituents is 1. The third kappa shape index (κ3) is 7.04. The molecule has 1 N–H and O–H groups in total. The smallest absolute Gasteiger partial charge is 0.343 e. The van der Waals surface area contributed by atoms with Gasteiger partial charge in [0, 0.05) is 38.3 Å². The maximum atomic E-state index is 12.6. The number of carbonyl (C=O) groups is 1. The molecule has 0 aliphatic carbocycles. The average Bonchev–Trinajstić information content (AvgIpc) is 3.02. The summed E-state index contributed by atoms with van der Waals surface area (Å²) >= 11 is 0. The van der Waals surface area contributed by atoms with Gasteiger partial charge in [0.25, 0.3) is 5.69 Å². The predicted octanol–water partition coefficient (Wildman–Crippen LogP) is 4.43. The van der Waals surface area contributed by atoms with Crippen molar-refractivity contribution in [2.75, 3.05) is 48.5 Å². The van der Waals surface area contributed by atoms with Gasteiger partial charge in [-0.05, 0) is 74.4 Å². The summed E-state index contributed by atoms with van der Waals surface area (Å²) in [5, 5.41) is 15.2. The molecule has 13 heteroatoms. The second-order valence-electron chi connectivity index (χ2n) is 9.83. The van der Waals surface area contributed by atoms with Crippen LogP contribution in [0.1, 0.15) is 54.4 Å². The lowest BCUT2D eigenvalue weighted by molar-refractivity contribution is -0.384. The molecule has 41 heavy (non-hydrogen) atoms. The number of esters is 1. The van der Waals surface area contributed by atoms with Crippen LogP contribution in [0.5, 0.6) is 11.5 Å². The molecule has 2 aliphatic heterocycles. The maximum absolute atomic E-state index is 12.6. The number of nitro benzene ring substituents is 1. The monoisotopic (exact) mass is 560 g/mol. The number of nitro groups is 1. The minimum atomic E-state index is -0.662. The van der Waals surface area contributed by atoms with Crippen molar-refractivity contribution < 1.29 is 19.2 Å². The van der Waals surface area contributed by atoms with Crippen molar-refractivity contribution >= 4 is 35.7 Å². The van der Waals surface area contributed by atoms with E-state index in [0.29, 0.717) is 29.2 Å². The molecule has 2 fully saturated rings. The van der Waals surface area contributed by atoms with Gasteiger partial charge in [-0.15, -0.1) is 0 Å². The fourth-order valence-corrected chi connectivity index (χ4v) is 4.77. The Morgan fingerprint density at radius 2 is 1.51 bits per heavy atom. The van der Waals surface area contributed by atoms with E-state index in [1.54, 1.807) is 24.4 Å². The van der Waals surface area contributed by atoms with Crippen LogP contribution < -0.4 is 24.7 Å². The first kappa shape index (κ1) is 27.7. The first-order valence-corrected chi connectivity index (χ1v) is 13.7. The summed E-state index contributed by atoms with van der Waals surface area (Å²) in [6.45, 7) is 3.69. The minimum Gasteiger partial charge on any atom is -0.493 e. The number of carbonyl (C=O) groups excluding carboxylic acids is 1. The molecular weight excluding hydrogens is 528 g/mol. The zero-order valence-electron chi connectivity index (χ0n) is 22.9. The van der Waals surface area contributed by atoms with Crippen molar-refractivity contribution in [2.45, 2.75) is 38.5 Å². The number of nitrogens with zero attached hydrogens (tertiary/aromatic N) is 7. The topological polar surface area (TPSA) is 148 Å². The number of hydrazone groups is 1. The van der Waals surface area contributed by atoms with Crippen LogP contribution in [0.15, 0.2) is 47.6 Å². The first-order valence-electron chi connectivity index (χ1n) is 13.7. The number of rotatable bonds is 9. The van der Waals surface area contributed by atoms with Crippen LogP contribution in [0.25, 0.3) is 0 Å². The number of piperidine rings is 2. The van der Waals surface area contributed by atoms with Gasteiger partial charge in [-0.25, -0.2) is 10.2 Å². The number of ether oxygens (including phenoxy) is 2. The number of benzene rings is 2. The maximum Gasteiger partial charge on any atom is 0.343 e. The van der Waals surface area contributed by atoms with Crippen LogP contribution in [0.2, 0.25) is 0 Å². The van der Waals surface area contributed by atoms with E-state index in [2.05, 4.69) is 30.3 Å². The number of hydrogen-bond acceptors (Lipinski definition) is 12. The fraction of sp³-hybridized carbons (Fsp3) is 0.393. The number of aromatic nitrogens is 3. The van der Waals surface area contributed by atoms with Crippen molar-refractivity contribution in [2.24, 2.45) is 5.10 Å². The predicted molar refractivity (Wildman–Crippen MR) is 154 cm³/mol. The van der Waals surface area contributed by atoms with Crippen molar-refractivity contribution in [1.82, 2.24) is 15.0 Å². The Balaban J connectivity index is 1.28. The van der Waals surface area contributed by atoms with Gasteiger partial charge in [-0.3, -0.25) is 10.1 Å². The highest BCUT2D eigenvalue weighted by atomic mass is 16.6. The van der Waals surface area contributed by atoms with Gasteiger partial charge in [0.15, 0.2) is 11.5 Å². The van der Waals surface area contributed by atoms with Gasteiger partial charge < -0.3 is 19.3 Å². The molecule has 3 heterocycles. The van der Waals surface area contributed by atoms with E-state index in [1.165, 1.54) is 44.2 Å². The molecule has 2 aromatic carbocycles. The number of hydrogen-bond donors (Lipinski definition) is 1. The molecule has 0 amide bonds. The largest absolute Gasteiger partial charge is 0.493 e. The molecule has 0 unspecified atom stereocenters. The molecule has 0 atom stereocenters. The van der Waals surface area contributed by atoms with Gasteiger partial charge in [0.1, 0.15) is 0 Å². The summed E-state index contributed by atoms with van der Waals surface area (Å²) in [7, 11) is 1.47. The van der Waals surface area contributed by atoms with Crippen LogP contribution in [0.4, 0.5) is 23.5 Å². The lowest BCUT2D eigenvalue weighted by atomic mass is 10.1. The normalized spacial score (nSPS) is 15.5. The quantitative estimate of drug-likeness (QED) is 0.130. The van der Waals surface area contributed by atoms with Gasteiger partial charge in [-0.1, -0.05) is 0 Å². The molecule has 2 saturated heterocycles. The lowest BCUT2D eigenvalue weighted by Crippen LogP contribution is -2.34. The molecule has 0 spiro atoms.